The number of rotatable bonds is 8. The van der Waals surface area contributed by atoms with Crippen molar-refractivity contribution in [1.29, 1.82) is 0 Å². The molecule has 136 valence electrons. The molecule has 0 saturated carbocycles. The molecule has 0 aromatic heterocycles. The molecule has 1 aromatic rings. The molecule has 24 heavy (non-hydrogen) atoms. The molecule has 2 rings (SSSR count). The van der Waals surface area contributed by atoms with Crippen LogP contribution in [0.15, 0.2) is 29.3 Å². The smallest absolute Gasteiger partial charge is 0.190 e. The van der Waals surface area contributed by atoms with E-state index in [9.17, 15) is 0 Å². The van der Waals surface area contributed by atoms with Crippen molar-refractivity contribution in [3.63, 3.8) is 0 Å². The molecule has 0 radical (unpaired) electrons. The van der Waals surface area contributed by atoms with E-state index in [4.69, 9.17) is 11.6 Å². The molecular weight excluding hydrogens is 435 g/mol. The van der Waals surface area contributed by atoms with Gasteiger partial charge >= 0.3 is 0 Å². The summed E-state index contributed by atoms with van der Waals surface area (Å²) in [6.07, 6.45) is 6.14. The highest BCUT2D eigenvalue weighted by Crippen LogP contribution is 2.10. The van der Waals surface area contributed by atoms with Crippen LogP contribution in [0.1, 0.15) is 31.2 Å². The van der Waals surface area contributed by atoms with Crippen molar-refractivity contribution in [2.45, 2.75) is 32.1 Å². The molecule has 0 amide bonds. The third kappa shape index (κ3) is 8.53. The van der Waals surface area contributed by atoms with Crippen LogP contribution in [0, 0.1) is 0 Å². The maximum atomic E-state index is 6.00. The number of guanidine groups is 1. The zero-order valence-electron chi connectivity index (χ0n) is 14.6. The number of likely N-dealkylation sites (tertiary alicyclic amines) is 1. The summed E-state index contributed by atoms with van der Waals surface area (Å²) in [7, 11) is 1.82. The van der Waals surface area contributed by atoms with Gasteiger partial charge in [-0.25, -0.2) is 0 Å². The first kappa shape index (κ1) is 21.5. The Labute approximate surface area is 168 Å². The Morgan fingerprint density at radius 2 is 1.92 bits per heavy atom. The molecule has 1 aromatic carbocycles. The summed E-state index contributed by atoms with van der Waals surface area (Å²) in [5.41, 5.74) is 1.24. The van der Waals surface area contributed by atoms with E-state index in [1.165, 1.54) is 50.9 Å². The minimum atomic E-state index is 0. The first-order chi connectivity index (χ1) is 11.3. The highest BCUT2D eigenvalue weighted by molar-refractivity contribution is 14.0. The van der Waals surface area contributed by atoms with Gasteiger partial charge in [0.05, 0.1) is 0 Å². The van der Waals surface area contributed by atoms with Crippen LogP contribution in [0.3, 0.4) is 0 Å². The number of nitrogens with one attached hydrogen (secondary N) is 2. The van der Waals surface area contributed by atoms with Gasteiger partial charge < -0.3 is 15.5 Å². The van der Waals surface area contributed by atoms with E-state index in [1.54, 1.807) is 0 Å². The molecule has 0 atom stereocenters. The molecule has 0 unspecified atom stereocenters. The summed E-state index contributed by atoms with van der Waals surface area (Å²) in [4.78, 5) is 6.84. The molecule has 2 N–H and O–H groups in total. The zero-order valence-corrected chi connectivity index (χ0v) is 17.6. The van der Waals surface area contributed by atoms with Crippen molar-refractivity contribution in [2.75, 3.05) is 39.8 Å². The Balaban J connectivity index is 0.00000288. The Hall–Kier alpha value is -0.530. The second kappa shape index (κ2) is 12.8. The van der Waals surface area contributed by atoms with E-state index in [-0.39, 0.29) is 24.0 Å². The molecule has 0 spiro atoms. The van der Waals surface area contributed by atoms with Crippen molar-refractivity contribution in [1.82, 2.24) is 15.5 Å². The van der Waals surface area contributed by atoms with Crippen molar-refractivity contribution < 1.29 is 0 Å². The van der Waals surface area contributed by atoms with Crippen LogP contribution in [-0.4, -0.2) is 50.6 Å². The fraction of sp³-hybridized carbons (Fsp3) is 0.611. The Morgan fingerprint density at radius 3 is 2.62 bits per heavy atom. The van der Waals surface area contributed by atoms with Gasteiger partial charge in [0.1, 0.15) is 0 Å². The Bertz CT molecular complexity index is 490. The molecule has 1 aliphatic heterocycles. The van der Waals surface area contributed by atoms with E-state index in [2.05, 4.69) is 26.6 Å². The van der Waals surface area contributed by atoms with Gasteiger partial charge in [0.25, 0.3) is 0 Å². The third-order valence-electron chi connectivity index (χ3n) is 4.21. The van der Waals surface area contributed by atoms with E-state index in [0.29, 0.717) is 0 Å². The van der Waals surface area contributed by atoms with Crippen molar-refractivity contribution in [2.24, 2.45) is 4.99 Å². The summed E-state index contributed by atoms with van der Waals surface area (Å²) < 4.78 is 0. The summed E-state index contributed by atoms with van der Waals surface area (Å²) in [6, 6.07) is 8.01. The summed E-state index contributed by atoms with van der Waals surface area (Å²) in [6.45, 7) is 5.65. The van der Waals surface area contributed by atoms with E-state index < -0.39 is 0 Å². The molecule has 1 saturated heterocycles. The van der Waals surface area contributed by atoms with E-state index in [1.807, 2.05) is 25.2 Å². The van der Waals surface area contributed by atoms with Crippen LogP contribution >= 0.6 is 35.6 Å². The number of benzene rings is 1. The zero-order chi connectivity index (χ0) is 16.3. The summed E-state index contributed by atoms with van der Waals surface area (Å²) in [5, 5.41) is 7.54. The fourth-order valence-electron chi connectivity index (χ4n) is 2.91. The predicted octanol–water partition coefficient (Wildman–Crippen LogP) is 3.54. The van der Waals surface area contributed by atoms with Crippen LogP contribution in [0.5, 0.6) is 0 Å². The molecule has 1 heterocycles. The molecule has 4 nitrogen and oxygen atoms in total. The molecule has 6 heteroatoms. The molecule has 1 fully saturated rings. The summed E-state index contributed by atoms with van der Waals surface area (Å²) in [5.74, 6) is 0.883. The van der Waals surface area contributed by atoms with Crippen molar-refractivity contribution >= 4 is 41.5 Å². The molecular formula is C18H30ClIN4. The minimum absolute atomic E-state index is 0. The number of halogens is 2. The van der Waals surface area contributed by atoms with E-state index >= 15 is 0 Å². The van der Waals surface area contributed by atoms with Gasteiger partial charge in [-0.15, -0.1) is 24.0 Å². The monoisotopic (exact) mass is 464 g/mol. The third-order valence-corrected chi connectivity index (χ3v) is 4.45. The number of aliphatic imine (C=N–C) groups is 1. The van der Waals surface area contributed by atoms with Crippen LogP contribution < -0.4 is 10.6 Å². The van der Waals surface area contributed by atoms with Gasteiger partial charge in [0.15, 0.2) is 5.96 Å². The van der Waals surface area contributed by atoms with Gasteiger partial charge in [-0.3, -0.25) is 4.99 Å². The predicted molar refractivity (Wildman–Crippen MR) is 115 cm³/mol. The number of hydrogen-bond donors (Lipinski definition) is 2. The lowest BCUT2D eigenvalue weighted by Gasteiger charge is -2.15. The number of unbranched alkanes of at least 4 members (excludes halogenated alkanes) is 1. The minimum Gasteiger partial charge on any atom is -0.356 e. The van der Waals surface area contributed by atoms with Crippen LogP contribution in [0.2, 0.25) is 5.02 Å². The van der Waals surface area contributed by atoms with Gasteiger partial charge in [-0.1, -0.05) is 23.7 Å². The first-order valence-electron chi connectivity index (χ1n) is 8.69. The molecule has 0 aliphatic carbocycles. The van der Waals surface area contributed by atoms with E-state index in [0.717, 1.165) is 30.5 Å². The highest BCUT2D eigenvalue weighted by atomic mass is 127. The molecule has 1 aliphatic rings. The van der Waals surface area contributed by atoms with Crippen LogP contribution in [0.4, 0.5) is 0 Å². The number of nitrogens with zero attached hydrogens (tertiary/aromatic N) is 2. The van der Waals surface area contributed by atoms with Gasteiger partial charge in [0.2, 0.25) is 0 Å². The summed E-state index contributed by atoms with van der Waals surface area (Å²) >= 11 is 6.00. The largest absolute Gasteiger partial charge is 0.356 e. The van der Waals surface area contributed by atoms with Gasteiger partial charge in [-0.2, -0.15) is 0 Å². The maximum Gasteiger partial charge on any atom is 0.190 e. The average molecular weight is 465 g/mol. The fourth-order valence-corrected chi connectivity index (χ4v) is 3.12. The lowest BCUT2D eigenvalue weighted by atomic mass is 10.1. The van der Waals surface area contributed by atoms with Crippen LogP contribution in [0.25, 0.3) is 0 Å². The standard InChI is InChI=1S/C18H29ClN4.HI/c1-20-18(21-10-2-3-12-23-13-4-5-14-23)22-11-9-16-7-6-8-17(19)15-16;/h6-8,15H,2-5,9-14H2,1H3,(H2,20,21,22);1H. The highest BCUT2D eigenvalue weighted by Gasteiger charge is 2.09. The Morgan fingerprint density at radius 1 is 1.17 bits per heavy atom. The second-order valence-electron chi connectivity index (χ2n) is 6.06. The topological polar surface area (TPSA) is 39.7 Å². The normalized spacial score (nSPS) is 15.2. The lowest BCUT2D eigenvalue weighted by molar-refractivity contribution is 0.330. The lowest BCUT2D eigenvalue weighted by Crippen LogP contribution is -2.38. The van der Waals surface area contributed by atoms with Gasteiger partial charge in [0, 0.05) is 25.2 Å². The van der Waals surface area contributed by atoms with Gasteiger partial charge in [-0.05, 0) is 69.4 Å². The molecule has 0 bridgehead atoms. The first-order valence-corrected chi connectivity index (χ1v) is 9.07. The van der Waals surface area contributed by atoms with Crippen LogP contribution in [-0.2, 0) is 6.42 Å². The second-order valence-corrected chi connectivity index (χ2v) is 6.50. The SMILES string of the molecule is CN=C(NCCCCN1CCCC1)NCCc1cccc(Cl)c1.I. The Kier molecular flexibility index (Phi) is 11.5. The van der Waals surface area contributed by atoms with Crippen molar-refractivity contribution in [3.05, 3.63) is 34.9 Å². The quantitative estimate of drug-likeness (QED) is 0.268. The maximum absolute atomic E-state index is 6.00. The van der Waals surface area contributed by atoms with Crippen molar-refractivity contribution in [3.8, 4) is 0 Å². The number of hydrogen-bond acceptors (Lipinski definition) is 2. The average Bonchev–Trinajstić information content (AvgIpc) is 3.06.